The van der Waals surface area contributed by atoms with Crippen LogP contribution in [0.2, 0.25) is 0 Å². The standard InChI is InChI=1S/C15H23FN2O5S/c1-22-10-8-18(9-11-23-2)24(20,21)12-7-17-15(19)13-3-5-14(16)6-4-13/h3-6H,7-12H2,1-2H3,(H,17,19). The van der Waals surface area contributed by atoms with Crippen molar-refractivity contribution in [1.29, 1.82) is 0 Å². The lowest BCUT2D eigenvalue weighted by Crippen LogP contribution is -2.41. The van der Waals surface area contributed by atoms with E-state index in [1.807, 2.05) is 0 Å². The van der Waals surface area contributed by atoms with Gasteiger partial charge in [-0.1, -0.05) is 0 Å². The number of methoxy groups -OCH3 is 2. The van der Waals surface area contributed by atoms with Crippen LogP contribution >= 0.6 is 0 Å². The van der Waals surface area contributed by atoms with Crippen LogP contribution < -0.4 is 5.32 Å². The maximum atomic E-state index is 12.8. The zero-order valence-corrected chi connectivity index (χ0v) is 14.6. The highest BCUT2D eigenvalue weighted by atomic mass is 32.2. The summed E-state index contributed by atoms with van der Waals surface area (Å²) in [6, 6.07) is 5.01. The molecule has 1 amide bonds. The minimum absolute atomic E-state index is 0.0466. The molecular weight excluding hydrogens is 339 g/mol. The van der Waals surface area contributed by atoms with Crippen molar-refractivity contribution in [1.82, 2.24) is 9.62 Å². The monoisotopic (exact) mass is 362 g/mol. The summed E-state index contributed by atoms with van der Waals surface area (Å²) in [5, 5.41) is 2.51. The van der Waals surface area contributed by atoms with E-state index in [2.05, 4.69) is 5.32 Å². The summed E-state index contributed by atoms with van der Waals surface area (Å²) in [6.07, 6.45) is 0. The number of hydrogen-bond donors (Lipinski definition) is 1. The number of carbonyl (C=O) groups excluding carboxylic acids is 1. The Bertz CT molecular complexity index is 599. The molecule has 0 aliphatic heterocycles. The third kappa shape index (κ3) is 6.91. The van der Waals surface area contributed by atoms with Gasteiger partial charge in [-0.15, -0.1) is 0 Å². The first-order chi connectivity index (χ1) is 11.4. The van der Waals surface area contributed by atoms with Gasteiger partial charge in [-0.05, 0) is 24.3 Å². The lowest BCUT2D eigenvalue weighted by molar-refractivity contribution is 0.0956. The number of nitrogens with zero attached hydrogens (tertiary/aromatic N) is 1. The second kappa shape index (κ2) is 10.3. The molecule has 9 heteroatoms. The highest BCUT2D eigenvalue weighted by molar-refractivity contribution is 7.89. The number of carbonyl (C=O) groups is 1. The second-order valence-corrected chi connectivity index (χ2v) is 7.05. The van der Waals surface area contributed by atoms with Gasteiger partial charge in [-0.25, -0.2) is 12.8 Å². The molecule has 136 valence electrons. The van der Waals surface area contributed by atoms with Crippen LogP contribution in [0.3, 0.4) is 0 Å². The van der Waals surface area contributed by atoms with Crippen LogP contribution in [-0.2, 0) is 19.5 Å². The lowest BCUT2D eigenvalue weighted by Gasteiger charge is -2.21. The highest BCUT2D eigenvalue weighted by Crippen LogP contribution is 2.04. The van der Waals surface area contributed by atoms with Crippen LogP contribution in [-0.4, -0.2) is 71.5 Å². The smallest absolute Gasteiger partial charge is 0.251 e. The summed E-state index contributed by atoms with van der Waals surface area (Å²) in [6.45, 7) is 0.924. The molecule has 0 heterocycles. The van der Waals surface area contributed by atoms with Crippen LogP contribution in [0.4, 0.5) is 4.39 Å². The van der Waals surface area contributed by atoms with Crippen molar-refractivity contribution < 1.29 is 27.1 Å². The maximum Gasteiger partial charge on any atom is 0.251 e. The van der Waals surface area contributed by atoms with E-state index in [-0.39, 0.29) is 44.2 Å². The van der Waals surface area contributed by atoms with Gasteiger partial charge in [0.1, 0.15) is 5.82 Å². The van der Waals surface area contributed by atoms with Crippen molar-refractivity contribution in [3.63, 3.8) is 0 Å². The van der Waals surface area contributed by atoms with Gasteiger partial charge in [0.15, 0.2) is 0 Å². The fraction of sp³-hybridized carbons (Fsp3) is 0.533. The number of amides is 1. The molecule has 1 aromatic carbocycles. The quantitative estimate of drug-likeness (QED) is 0.619. The van der Waals surface area contributed by atoms with Gasteiger partial charge >= 0.3 is 0 Å². The Kier molecular flexibility index (Phi) is 8.83. The van der Waals surface area contributed by atoms with Gasteiger partial charge in [0.25, 0.3) is 5.91 Å². The Morgan fingerprint density at radius 1 is 1.12 bits per heavy atom. The Labute approximate surface area is 141 Å². The van der Waals surface area contributed by atoms with Crippen LogP contribution in [0.1, 0.15) is 10.4 Å². The summed E-state index contributed by atoms with van der Waals surface area (Å²) in [5.74, 6) is -1.14. The molecule has 0 radical (unpaired) electrons. The van der Waals surface area contributed by atoms with E-state index in [1.54, 1.807) is 0 Å². The van der Waals surface area contributed by atoms with Crippen molar-refractivity contribution in [2.24, 2.45) is 0 Å². The maximum absolute atomic E-state index is 12.8. The Balaban J connectivity index is 2.55. The number of benzene rings is 1. The molecule has 0 saturated carbocycles. The molecule has 0 spiro atoms. The molecule has 1 N–H and O–H groups in total. The average molecular weight is 362 g/mol. The first kappa shape index (κ1) is 20.5. The predicted molar refractivity (Wildman–Crippen MR) is 87.8 cm³/mol. The Hall–Kier alpha value is -1.55. The van der Waals surface area contributed by atoms with Crippen molar-refractivity contribution in [3.8, 4) is 0 Å². The van der Waals surface area contributed by atoms with Gasteiger partial charge in [0.05, 0.1) is 19.0 Å². The Morgan fingerprint density at radius 3 is 2.17 bits per heavy atom. The summed E-state index contributed by atoms with van der Waals surface area (Å²) in [7, 11) is -0.573. The number of sulfonamides is 1. The molecule has 7 nitrogen and oxygen atoms in total. The molecule has 0 unspecified atom stereocenters. The molecule has 0 aromatic heterocycles. The fourth-order valence-corrected chi connectivity index (χ4v) is 3.23. The van der Waals surface area contributed by atoms with Crippen molar-refractivity contribution in [2.45, 2.75) is 0 Å². The van der Waals surface area contributed by atoms with Crippen LogP contribution in [0.15, 0.2) is 24.3 Å². The summed E-state index contributed by atoms with van der Waals surface area (Å²) >= 11 is 0. The zero-order chi connectivity index (χ0) is 18.0. The van der Waals surface area contributed by atoms with Crippen molar-refractivity contribution >= 4 is 15.9 Å². The van der Waals surface area contributed by atoms with Crippen molar-refractivity contribution in [2.75, 3.05) is 52.8 Å². The van der Waals surface area contributed by atoms with E-state index in [4.69, 9.17) is 9.47 Å². The number of ether oxygens (including phenoxy) is 2. The lowest BCUT2D eigenvalue weighted by atomic mass is 10.2. The highest BCUT2D eigenvalue weighted by Gasteiger charge is 2.21. The van der Waals surface area contributed by atoms with E-state index in [0.717, 1.165) is 0 Å². The van der Waals surface area contributed by atoms with Gasteiger partial charge < -0.3 is 14.8 Å². The molecule has 0 aliphatic rings. The number of hydrogen-bond acceptors (Lipinski definition) is 5. The normalized spacial score (nSPS) is 11.7. The predicted octanol–water partition coefficient (Wildman–Crippen LogP) is 0.480. The van der Waals surface area contributed by atoms with Crippen LogP contribution in [0.25, 0.3) is 0 Å². The molecule has 24 heavy (non-hydrogen) atoms. The molecule has 1 aromatic rings. The summed E-state index contributed by atoms with van der Waals surface area (Å²) in [4.78, 5) is 11.9. The molecule has 0 saturated heterocycles. The Morgan fingerprint density at radius 2 is 1.67 bits per heavy atom. The van der Waals surface area contributed by atoms with E-state index in [1.165, 1.54) is 42.8 Å². The van der Waals surface area contributed by atoms with E-state index in [0.29, 0.717) is 0 Å². The van der Waals surface area contributed by atoms with Crippen LogP contribution in [0, 0.1) is 5.82 Å². The SMILES string of the molecule is COCCN(CCOC)S(=O)(=O)CCNC(=O)c1ccc(F)cc1. The topological polar surface area (TPSA) is 84.9 Å². The van der Waals surface area contributed by atoms with Gasteiger partial charge in [-0.3, -0.25) is 4.79 Å². The first-order valence-electron chi connectivity index (χ1n) is 7.40. The van der Waals surface area contributed by atoms with Gasteiger partial charge in [-0.2, -0.15) is 4.31 Å². The third-order valence-electron chi connectivity index (χ3n) is 3.24. The van der Waals surface area contributed by atoms with E-state index >= 15 is 0 Å². The van der Waals surface area contributed by atoms with Gasteiger partial charge in [0.2, 0.25) is 10.0 Å². The molecule has 1 rings (SSSR count). The van der Waals surface area contributed by atoms with E-state index < -0.39 is 21.7 Å². The summed E-state index contributed by atoms with van der Waals surface area (Å²) < 4.78 is 48.5. The average Bonchev–Trinajstić information content (AvgIpc) is 2.55. The molecule has 0 fully saturated rings. The minimum Gasteiger partial charge on any atom is -0.383 e. The minimum atomic E-state index is -3.55. The largest absolute Gasteiger partial charge is 0.383 e. The molecule has 0 atom stereocenters. The molecule has 0 aliphatic carbocycles. The van der Waals surface area contributed by atoms with E-state index in [9.17, 15) is 17.6 Å². The second-order valence-electron chi connectivity index (χ2n) is 4.96. The third-order valence-corrected chi connectivity index (χ3v) is 5.11. The van der Waals surface area contributed by atoms with Crippen LogP contribution in [0.5, 0.6) is 0 Å². The van der Waals surface area contributed by atoms with Crippen molar-refractivity contribution in [3.05, 3.63) is 35.6 Å². The zero-order valence-electron chi connectivity index (χ0n) is 13.8. The molecule has 0 bridgehead atoms. The number of rotatable bonds is 11. The van der Waals surface area contributed by atoms with Gasteiger partial charge in [0, 0.05) is 39.4 Å². The number of halogens is 1. The molecular formula is C15H23FN2O5S. The first-order valence-corrected chi connectivity index (χ1v) is 9.01. The summed E-state index contributed by atoms with van der Waals surface area (Å²) in [5.41, 5.74) is 0.268. The number of nitrogens with one attached hydrogen (secondary N) is 1. The fourth-order valence-electron chi connectivity index (χ4n) is 1.90.